The number of carbonyl (C=O) groups excluding carboxylic acids is 1. The zero-order valence-corrected chi connectivity index (χ0v) is 13.8. The maximum absolute atomic E-state index is 12.6. The van der Waals surface area contributed by atoms with Crippen LogP contribution in [-0.4, -0.2) is 46.4 Å². The van der Waals surface area contributed by atoms with E-state index in [1.165, 1.54) is 4.90 Å². The van der Waals surface area contributed by atoms with Crippen molar-refractivity contribution in [3.05, 3.63) is 35.9 Å². The molecular weight excluding hydrogens is 310 g/mol. The van der Waals surface area contributed by atoms with Crippen LogP contribution in [0.2, 0.25) is 0 Å². The molecule has 6 nitrogen and oxygen atoms in total. The second-order valence-electron chi connectivity index (χ2n) is 6.52. The lowest BCUT2D eigenvalue weighted by molar-refractivity contribution is -0.148. The number of hydrogen-bond donors (Lipinski definition) is 1. The first kappa shape index (κ1) is 16.8. The van der Waals surface area contributed by atoms with Crippen molar-refractivity contribution in [2.24, 2.45) is 0 Å². The van der Waals surface area contributed by atoms with Gasteiger partial charge in [-0.05, 0) is 38.2 Å². The average molecular weight is 333 g/mol. The fourth-order valence-corrected chi connectivity index (χ4v) is 3.16. The Labute approximate surface area is 141 Å². The Bertz CT molecular complexity index is 586. The lowest BCUT2D eigenvalue weighted by Crippen LogP contribution is -2.53. The molecule has 0 aromatic heterocycles. The van der Waals surface area contributed by atoms with Gasteiger partial charge in [0.15, 0.2) is 6.04 Å². The average Bonchev–Trinajstić information content (AvgIpc) is 3.32. The Morgan fingerprint density at radius 2 is 1.96 bits per heavy atom. The Balaban J connectivity index is 1.70. The predicted molar refractivity (Wildman–Crippen MR) is 86.5 cm³/mol. The maximum atomic E-state index is 12.6. The van der Waals surface area contributed by atoms with Gasteiger partial charge < -0.3 is 14.6 Å². The third kappa shape index (κ3) is 3.87. The summed E-state index contributed by atoms with van der Waals surface area (Å²) in [6, 6.07) is 8.32. The summed E-state index contributed by atoms with van der Waals surface area (Å²) in [5.41, 5.74) is 0.874. The minimum absolute atomic E-state index is 0.0262. The van der Waals surface area contributed by atoms with E-state index in [4.69, 9.17) is 9.47 Å². The number of ether oxygens (including phenoxy) is 2. The quantitative estimate of drug-likeness (QED) is 0.866. The number of aliphatic carboxylic acids is 1. The SMILES string of the molecule is CC1CCC(C(C(=O)O)N(C(=O)OCc2ccccc2)C2CC2)O1. The van der Waals surface area contributed by atoms with Crippen LogP contribution in [0.25, 0.3) is 0 Å². The van der Waals surface area contributed by atoms with Gasteiger partial charge in [0.25, 0.3) is 0 Å². The van der Waals surface area contributed by atoms with Gasteiger partial charge >= 0.3 is 12.1 Å². The molecule has 24 heavy (non-hydrogen) atoms. The molecule has 0 spiro atoms. The largest absolute Gasteiger partial charge is 0.480 e. The van der Waals surface area contributed by atoms with Gasteiger partial charge in [0, 0.05) is 6.04 Å². The molecule has 3 unspecified atom stereocenters. The normalized spacial score (nSPS) is 24.4. The molecule has 1 amide bonds. The third-order valence-electron chi connectivity index (χ3n) is 4.53. The number of amides is 1. The number of nitrogens with zero attached hydrogens (tertiary/aromatic N) is 1. The zero-order chi connectivity index (χ0) is 17.1. The number of carbonyl (C=O) groups is 2. The van der Waals surface area contributed by atoms with Gasteiger partial charge in [0.2, 0.25) is 0 Å². The van der Waals surface area contributed by atoms with E-state index < -0.39 is 24.2 Å². The summed E-state index contributed by atoms with van der Waals surface area (Å²) in [7, 11) is 0. The van der Waals surface area contributed by atoms with Crippen LogP contribution >= 0.6 is 0 Å². The van der Waals surface area contributed by atoms with Gasteiger partial charge in [-0.25, -0.2) is 9.59 Å². The van der Waals surface area contributed by atoms with E-state index in [9.17, 15) is 14.7 Å². The van der Waals surface area contributed by atoms with Crippen molar-refractivity contribution in [2.45, 2.75) is 63.5 Å². The van der Waals surface area contributed by atoms with Gasteiger partial charge in [0.05, 0.1) is 12.2 Å². The minimum atomic E-state index is -1.03. The number of carboxylic acid groups (broad SMARTS) is 1. The van der Waals surface area contributed by atoms with Crippen LogP contribution in [0.15, 0.2) is 30.3 Å². The van der Waals surface area contributed by atoms with E-state index in [0.717, 1.165) is 24.8 Å². The number of hydrogen-bond acceptors (Lipinski definition) is 4. The number of carboxylic acids is 1. The van der Waals surface area contributed by atoms with Crippen LogP contribution in [0, 0.1) is 0 Å². The molecular formula is C18H23NO5. The molecule has 0 radical (unpaired) electrons. The highest BCUT2D eigenvalue weighted by atomic mass is 16.6. The topological polar surface area (TPSA) is 76.1 Å². The van der Waals surface area contributed by atoms with E-state index in [2.05, 4.69) is 0 Å². The molecule has 6 heteroatoms. The molecule has 2 fully saturated rings. The smallest absolute Gasteiger partial charge is 0.411 e. The molecule has 3 rings (SSSR count). The lowest BCUT2D eigenvalue weighted by Gasteiger charge is -2.31. The molecule has 130 valence electrons. The van der Waals surface area contributed by atoms with Crippen molar-refractivity contribution in [2.75, 3.05) is 0 Å². The number of rotatable bonds is 6. The maximum Gasteiger partial charge on any atom is 0.411 e. The zero-order valence-electron chi connectivity index (χ0n) is 13.8. The molecule has 1 heterocycles. The lowest BCUT2D eigenvalue weighted by atomic mass is 10.1. The van der Waals surface area contributed by atoms with Crippen LogP contribution in [0.3, 0.4) is 0 Å². The van der Waals surface area contributed by atoms with Crippen LogP contribution in [0.5, 0.6) is 0 Å². The molecule has 1 N–H and O–H groups in total. The van der Waals surface area contributed by atoms with Crippen LogP contribution in [0.4, 0.5) is 4.79 Å². The monoisotopic (exact) mass is 333 g/mol. The van der Waals surface area contributed by atoms with Crippen molar-refractivity contribution in [1.29, 1.82) is 0 Å². The van der Waals surface area contributed by atoms with Gasteiger partial charge in [-0.2, -0.15) is 0 Å². The molecule has 3 atom stereocenters. The van der Waals surface area contributed by atoms with Gasteiger partial charge in [-0.15, -0.1) is 0 Å². The van der Waals surface area contributed by atoms with Crippen molar-refractivity contribution >= 4 is 12.1 Å². The molecule has 1 aromatic rings. The first-order chi connectivity index (χ1) is 11.6. The predicted octanol–water partition coefficient (Wildman–Crippen LogP) is 2.81. The Hall–Kier alpha value is -2.08. The molecule has 1 saturated carbocycles. The Morgan fingerprint density at radius 1 is 1.25 bits per heavy atom. The molecule has 1 aromatic carbocycles. The Morgan fingerprint density at radius 3 is 2.50 bits per heavy atom. The van der Waals surface area contributed by atoms with E-state index in [1.54, 1.807) is 0 Å². The molecule has 1 saturated heterocycles. The van der Waals surface area contributed by atoms with Crippen LogP contribution < -0.4 is 0 Å². The Kier molecular flexibility index (Phi) is 5.04. The fraction of sp³-hybridized carbons (Fsp3) is 0.556. The standard InChI is InChI=1S/C18H23NO5/c1-12-7-10-15(24-12)16(17(20)21)19(14-8-9-14)18(22)23-11-13-5-3-2-4-6-13/h2-6,12,14-16H,7-11H2,1H3,(H,20,21). The summed E-state index contributed by atoms with van der Waals surface area (Å²) < 4.78 is 11.1. The highest BCUT2D eigenvalue weighted by molar-refractivity contribution is 5.81. The minimum Gasteiger partial charge on any atom is -0.480 e. The van der Waals surface area contributed by atoms with Gasteiger partial charge in [-0.1, -0.05) is 30.3 Å². The highest BCUT2D eigenvalue weighted by Crippen LogP contribution is 2.34. The van der Waals surface area contributed by atoms with Crippen LogP contribution in [-0.2, 0) is 20.9 Å². The third-order valence-corrected chi connectivity index (χ3v) is 4.53. The van der Waals surface area contributed by atoms with Gasteiger partial charge in [0.1, 0.15) is 6.61 Å². The summed E-state index contributed by atoms with van der Waals surface area (Å²) in [4.78, 5) is 25.8. The van der Waals surface area contributed by atoms with Crippen molar-refractivity contribution in [3.8, 4) is 0 Å². The first-order valence-electron chi connectivity index (χ1n) is 8.43. The van der Waals surface area contributed by atoms with Crippen LogP contribution in [0.1, 0.15) is 38.2 Å². The van der Waals surface area contributed by atoms with E-state index in [0.29, 0.717) is 6.42 Å². The summed E-state index contributed by atoms with van der Waals surface area (Å²) in [6.45, 7) is 2.06. The van der Waals surface area contributed by atoms with Crippen molar-refractivity contribution < 1.29 is 24.2 Å². The summed E-state index contributed by atoms with van der Waals surface area (Å²) in [5.74, 6) is -1.03. The molecule has 2 aliphatic rings. The van der Waals surface area contributed by atoms with E-state index >= 15 is 0 Å². The van der Waals surface area contributed by atoms with Crippen molar-refractivity contribution in [3.63, 3.8) is 0 Å². The number of benzene rings is 1. The second kappa shape index (κ2) is 7.21. The van der Waals surface area contributed by atoms with E-state index in [-0.39, 0.29) is 18.8 Å². The highest BCUT2D eigenvalue weighted by Gasteiger charge is 2.47. The summed E-state index contributed by atoms with van der Waals surface area (Å²) in [5, 5.41) is 9.67. The summed E-state index contributed by atoms with van der Waals surface area (Å²) in [6.07, 6.45) is 2.07. The molecule has 1 aliphatic heterocycles. The van der Waals surface area contributed by atoms with Gasteiger partial charge in [-0.3, -0.25) is 4.90 Å². The van der Waals surface area contributed by atoms with Crippen molar-refractivity contribution in [1.82, 2.24) is 4.90 Å². The molecule has 1 aliphatic carbocycles. The second-order valence-corrected chi connectivity index (χ2v) is 6.52. The summed E-state index contributed by atoms with van der Waals surface area (Å²) >= 11 is 0. The first-order valence-corrected chi connectivity index (χ1v) is 8.43. The fourth-order valence-electron chi connectivity index (χ4n) is 3.16. The van der Waals surface area contributed by atoms with E-state index in [1.807, 2.05) is 37.3 Å². The molecule has 0 bridgehead atoms.